The van der Waals surface area contributed by atoms with Gasteiger partial charge >= 0.3 is 6.09 Å². The lowest BCUT2D eigenvalue weighted by Crippen LogP contribution is -2.28. The van der Waals surface area contributed by atoms with Crippen LogP contribution in [0.3, 0.4) is 0 Å². The van der Waals surface area contributed by atoms with Gasteiger partial charge in [0.15, 0.2) is 10.9 Å². The minimum Gasteiger partial charge on any atom is -0.463 e. The molecule has 0 radical (unpaired) electrons. The van der Waals surface area contributed by atoms with Gasteiger partial charge in [0.25, 0.3) is 0 Å². The summed E-state index contributed by atoms with van der Waals surface area (Å²) in [6.07, 6.45) is 4.79. The number of carbonyl (C=O) groups excluding carboxylic acids is 1. The molecule has 1 amide bonds. The Hall–Kier alpha value is -2.71. The highest BCUT2D eigenvalue weighted by atomic mass is 32.1. The molecule has 27 heavy (non-hydrogen) atoms. The monoisotopic (exact) mass is 385 g/mol. The summed E-state index contributed by atoms with van der Waals surface area (Å²) in [6, 6.07) is 9.44. The van der Waals surface area contributed by atoms with Crippen molar-refractivity contribution in [2.75, 3.05) is 18.5 Å². The Morgan fingerprint density at radius 3 is 2.89 bits per heavy atom. The summed E-state index contributed by atoms with van der Waals surface area (Å²) in [5.74, 6) is 0.656. The molecule has 1 aliphatic rings. The van der Waals surface area contributed by atoms with E-state index in [0.717, 1.165) is 10.6 Å². The molecule has 0 unspecified atom stereocenters. The zero-order valence-electron chi connectivity index (χ0n) is 14.6. The molecule has 0 atom stereocenters. The predicted octanol–water partition coefficient (Wildman–Crippen LogP) is 4.12. The van der Waals surface area contributed by atoms with Crippen molar-refractivity contribution >= 4 is 22.6 Å². The van der Waals surface area contributed by atoms with Gasteiger partial charge in [-0.2, -0.15) is 0 Å². The van der Waals surface area contributed by atoms with E-state index in [1.807, 2.05) is 30.3 Å². The number of nitrogens with zero attached hydrogens (tertiary/aromatic N) is 2. The Bertz CT molecular complexity index is 874. The van der Waals surface area contributed by atoms with E-state index < -0.39 is 6.09 Å². The standard InChI is InChI=1S/C19H19N3O4S/c23-19(26-14-6-10-24-11-7-14)22-18-21-17(15-5-3-9-25-15)16(27-18)12-13-4-1-2-8-20-13/h1-5,8-9,14H,6-7,10-12H2,(H,21,22,23). The maximum atomic E-state index is 12.2. The number of hydrogen-bond acceptors (Lipinski definition) is 7. The van der Waals surface area contributed by atoms with Crippen LogP contribution in [-0.4, -0.2) is 35.4 Å². The molecule has 140 valence electrons. The van der Waals surface area contributed by atoms with Gasteiger partial charge in [0, 0.05) is 36.0 Å². The van der Waals surface area contributed by atoms with Crippen molar-refractivity contribution < 1.29 is 18.7 Å². The minimum atomic E-state index is -0.494. The van der Waals surface area contributed by atoms with Crippen molar-refractivity contribution in [3.63, 3.8) is 0 Å². The molecule has 1 N–H and O–H groups in total. The molecule has 0 spiro atoms. The number of nitrogens with one attached hydrogen (secondary N) is 1. The number of furan rings is 1. The fraction of sp³-hybridized carbons (Fsp3) is 0.316. The van der Waals surface area contributed by atoms with Crippen molar-refractivity contribution in [1.29, 1.82) is 0 Å². The Morgan fingerprint density at radius 1 is 1.26 bits per heavy atom. The van der Waals surface area contributed by atoms with Crippen LogP contribution in [-0.2, 0) is 15.9 Å². The van der Waals surface area contributed by atoms with E-state index in [1.165, 1.54) is 11.3 Å². The summed E-state index contributed by atoms with van der Waals surface area (Å²) >= 11 is 1.40. The van der Waals surface area contributed by atoms with Gasteiger partial charge < -0.3 is 13.9 Å². The van der Waals surface area contributed by atoms with Crippen LogP contribution in [0, 0.1) is 0 Å². The van der Waals surface area contributed by atoms with Gasteiger partial charge in [-0.05, 0) is 24.3 Å². The highest BCUT2D eigenvalue weighted by Gasteiger charge is 2.21. The van der Waals surface area contributed by atoms with Crippen molar-refractivity contribution in [2.24, 2.45) is 0 Å². The van der Waals surface area contributed by atoms with E-state index in [2.05, 4.69) is 15.3 Å². The number of pyridine rings is 1. The molecule has 0 saturated carbocycles. The lowest BCUT2D eigenvalue weighted by Gasteiger charge is -2.21. The number of rotatable bonds is 5. The van der Waals surface area contributed by atoms with Gasteiger partial charge in [-0.3, -0.25) is 10.3 Å². The molecular formula is C19H19N3O4S. The summed E-state index contributed by atoms with van der Waals surface area (Å²) in [5, 5.41) is 3.22. The van der Waals surface area contributed by atoms with Crippen molar-refractivity contribution in [3.8, 4) is 11.5 Å². The molecule has 0 aromatic carbocycles. The number of hydrogen-bond donors (Lipinski definition) is 1. The normalized spacial score (nSPS) is 14.8. The summed E-state index contributed by atoms with van der Waals surface area (Å²) in [7, 11) is 0. The average molecular weight is 385 g/mol. The highest BCUT2D eigenvalue weighted by Crippen LogP contribution is 2.33. The molecule has 0 bridgehead atoms. The molecule has 8 heteroatoms. The molecule has 3 aromatic heterocycles. The number of amides is 1. The van der Waals surface area contributed by atoms with Gasteiger partial charge in [-0.1, -0.05) is 6.07 Å². The van der Waals surface area contributed by atoms with Crippen LogP contribution in [0.5, 0.6) is 0 Å². The van der Waals surface area contributed by atoms with Gasteiger partial charge in [0.2, 0.25) is 0 Å². The predicted molar refractivity (Wildman–Crippen MR) is 101 cm³/mol. The van der Waals surface area contributed by atoms with E-state index in [1.54, 1.807) is 12.5 Å². The molecule has 3 aromatic rings. The van der Waals surface area contributed by atoms with E-state index in [9.17, 15) is 4.79 Å². The van der Waals surface area contributed by atoms with Crippen molar-refractivity contribution in [1.82, 2.24) is 9.97 Å². The third-order valence-corrected chi connectivity index (χ3v) is 5.14. The van der Waals surface area contributed by atoms with Gasteiger partial charge in [0.05, 0.1) is 19.5 Å². The second kappa shape index (κ2) is 8.32. The van der Waals surface area contributed by atoms with E-state index in [4.69, 9.17) is 13.9 Å². The maximum Gasteiger partial charge on any atom is 0.413 e. The number of ether oxygens (including phenoxy) is 2. The molecule has 1 saturated heterocycles. The topological polar surface area (TPSA) is 86.5 Å². The number of carbonyl (C=O) groups is 1. The Morgan fingerprint density at radius 2 is 2.15 bits per heavy atom. The van der Waals surface area contributed by atoms with Crippen LogP contribution in [0.2, 0.25) is 0 Å². The first-order valence-electron chi connectivity index (χ1n) is 8.77. The van der Waals surface area contributed by atoms with E-state index in [-0.39, 0.29) is 6.10 Å². The van der Waals surface area contributed by atoms with E-state index >= 15 is 0 Å². The van der Waals surface area contributed by atoms with Crippen LogP contribution in [0.4, 0.5) is 9.93 Å². The van der Waals surface area contributed by atoms with Crippen LogP contribution < -0.4 is 5.32 Å². The SMILES string of the molecule is O=C(Nc1nc(-c2ccco2)c(Cc2ccccn2)s1)OC1CCOCC1. The molecule has 4 heterocycles. The summed E-state index contributed by atoms with van der Waals surface area (Å²) < 4.78 is 16.2. The molecule has 4 rings (SSSR count). The summed E-state index contributed by atoms with van der Waals surface area (Å²) in [4.78, 5) is 22.1. The van der Waals surface area contributed by atoms with Crippen molar-refractivity contribution in [2.45, 2.75) is 25.4 Å². The third-order valence-electron chi connectivity index (χ3n) is 4.17. The second-order valence-corrected chi connectivity index (χ2v) is 7.19. The fourth-order valence-corrected chi connectivity index (χ4v) is 3.83. The summed E-state index contributed by atoms with van der Waals surface area (Å²) in [6.45, 7) is 1.23. The van der Waals surface area contributed by atoms with Crippen LogP contribution in [0.15, 0.2) is 47.2 Å². The first-order valence-corrected chi connectivity index (χ1v) is 9.58. The van der Waals surface area contributed by atoms with Crippen LogP contribution in [0.25, 0.3) is 11.5 Å². The molecule has 1 fully saturated rings. The maximum absolute atomic E-state index is 12.2. The van der Waals surface area contributed by atoms with Crippen LogP contribution in [0.1, 0.15) is 23.4 Å². The largest absolute Gasteiger partial charge is 0.463 e. The quantitative estimate of drug-likeness (QED) is 0.711. The lowest BCUT2D eigenvalue weighted by atomic mass is 10.2. The molecular weight excluding hydrogens is 366 g/mol. The highest BCUT2D eigenvalue weighted by molar-refractivity contribution is 7.16. The molecule has 1 aliphatic heterocycles. The molecule has 7 nitrogen and oxygen atoms in total. The van der Waals surface area contributed by atoms with Crippen molar-refractivity contribution in [3.05, 3.63) is 53.4 Å². The molecule has 0 aliphatic carbocycles. The number of anilines is 1. The smallest absolute Gasteiger partial charge is 0.413 e. The third kappa shape index (κ3) is 4.53. The lowest BCUT2D eigenvalue weighted by molar-refractivity contribution is 0.00592. The van der Waals surface area contributed by atoms with E-state index in [0.29, 0.717) is 49.1 Å². The second-order valence-electron chi connectivity index (χ2n) is 6.11. The fourth-order valence-electron chi connectivity index (χ4n) is 2.86. The Labute approximate surface area is 160 Å². The minimum absolute atomic E-state index is 0.115. The zero-order chi connectivity index (χ0) is 18.5. The number of aromatic nitrogens is 2. The van der Waals surface area contributed by atoms with Gasteiger partial charge in [0.1, 0.15) is 11.8 Å². The average Bonchev–Trinajstić information content (AvgIpc) is 3.33. The Kier molecular flexibility index (Phi) is 5.45. The number of thiazole rings is 1. The van der Waals surface area contributed by atoms with Gasteiger partial charge in [-0.25, -0.2) is 9.78 Å². The first-order chi connectivity index (χ1) is 13.3. The first kappa shape index (κ1) is 17.7. The van der Waals surface area contributed by atoms with Crippen LogP contribution >= 0.6 is 11.3 Å². The Balaban J connectivity index is 1.51. The van der Waals surface area contributed by atoms with Gasteiger partial charge in [-0.15, -0.1) is 11.3 Å². The summed E-state index contributed by atoms with van der Waals surface area (Å²) in [5.41, 5.74) is 1.63. The zero-order valence-corrected chi connectivity index (χ0v) is 15.4.